The van der Waals surface area contributed by atoms with Crippen LogP contribution in [0.25, 0.3) is 0 Å². The molecule has 0 aromatic carbocycles. The van der Waals surface area contributed by atoms with Crippen LogP contribution in [0.2, 0.25) is 0 Å². The van der Waals surface area contributed by atoms with Crippen molar-refractivity contribution in [1.29, 1.82) is 0 Å². The summed E-state index contributed by atoms with van der Waals surface area (Å²) >= 11 is 0. The summed E-state index contributed by atoms with van der Waals surface area (Å²) in [4.78, 5) is 10.1. The van der Waals surface area contributed by atoms with E-state index >= 15 is 0 Å². The van der Waals surface area contributed by atoms with Crippen LogP contribution in [-0.4, -0.2) is 11.0 Å². The molecule has 0 unspecified atom stereocenters. The molecule has 15 heavy (non-hydrogen) atoms. The zero-order valence-corrected chi connectivity index (χ0v) is 8.17. The fourth-order valence-electron chi connectivity index (χ4n) is 1.24. The van der Waals surface area contributed by atoms with E-state index in [0.29, 0.717) is 10.3 Å². The number of ether oxygens (including phenoxy) is 1. The largest absolute Gasteiger partial charge is 0.616 e. The van der Waals surface area contributed by atoms with Crippen molar-refractivity contribution in [3.8, 4) is 5.88 Å². The van der Waals surface area contributed by atoms with Crippen LogP contribution in [-0.2, 0) is 0 Å². The summed E-state index contributed by atoms with van der Waals surface area (Å²) in [5.74, 6) is 0.00907. The lowest BCUT2D eigenvalue weighted by molar-refractivity contribution is -0.614. The topological polar surface area (TPSA) is 79.3 Å². The van der Waals surface area contributed by atoms with Gasteiger partial charge < -0.3 is 9.94 Å². The normalized spacial score (nSPS) is 15.0. The standard InChI is InChI=1S/C9H10N2O4/c1-6-5-10(12)9(15-7-2-3-7)4-8(6)11(13)14/h4-5,7H,2-3H2,1H3. The van der Waals surface area contributed by atoms with E-state index in [2.05, 4.69) is 0 Å². The van der Waals surface area contributed by atoms with E-state index in [1.54, 1.807) is 0 Å². The van der Waals surface area contributed by atoms with Crippen molar-refractivity contribution in [1.82, 2.24) is 0 Å². The molecule has 1 aromatic rings. The van der Waals surface area contributed by atoms with Crippen molar-refractivity contribution in [3.63, 3.8) is 0 Å². The quantitative estimate of drug-likeness (QED) is 0.323. The SMILES string of the molecule is Cc1c[n+]([O-])c(OC2CC2)cc1[N+](=O)[O-]. The lowest BCUT2D eigenvalue weighted by atomic mass is 10.2. The molecule has 2 rings (SSSR count). The molecule has 6 nitrogen and oxygen atoms in total. The van der Waals surface area contributed by atoms with E-state index in [9.17, 15) is 15.3 Å². The van der Waals surface area contributed by atoms with Gasteiger partial charge in [0.25, 0.3) is 5.69 Å². The molecule has 0 N–H and O–H groups in total. The molecule has 6 heteroatoms. The van der Waals surface area contributed by atoms with E-state index in [4.69, 9.17) is 4.74 Å². The molecular weight excluding hydrogens is 200 g/mol. The Hall–Kier alpha value is -1.85. The van der Waals surface area contributed by atoms with Crippen LogP contribution < -0.4 is 9.47 Å². The minimum absolute atomic E-state index is 0.00907. The molecule has 0 spiro atoms. The number of aryl methyl sites for hydroxylation is 1. The van der Waals surface area contributed by atoms with E-state index in [1.807, 2.05) is 0 Å². The van der Waals surface area contributed by atoms with E-state index in [1.165, 1.54) is 13.0 Å². The van der Waals surface area contributed by atoms with Gasteiger partial charge in [0.1, 0.15) is 12.2 Å². The molecule has 1 aliphatic carbocycles. The zero-order chi connectivity index (χ0) is 11.0. The van der Waals surface area contributed by atoms with Gasteiger partial charge in [0.2, 0.25) is 0 Å². The molecule has 1 aliphatic rings. The fraction of sp³-hybridized carbons (Fsp3) is 0.444. The maximum Gasteiger partial charge on any atom is 0.386 e. The van der Waals surface area contributed by atoms with Crippen LogP contribution in [0.4, 0.5) is 5.69 Å². The molecule has 0 aliphatic heterocycles. The van der Waals surface area contributed by atoms with Gasteiger partial charge in [-0.25, -0.2) is 0 Å². The minimum Gasteiger partial charge on any atom is -0.616 e. The van der Waals surface area contributed by atoms with E-state index in [-0.39, 0.29) is 17.7 Å². The number of pyridine rings is 1. The fourth-order valence-corrected chi connectivity index (χ4v) is 1.24. The highest BCUT2D eigenvalue weighted by atomic mass is 16.6. The first-order chi connectivity index (χ1) is 7.08. The summed E-state index contributed by atoms with van der Waals surface area (Å²) in [5, 5.41) is 22.0. The van der Waals surface area contributed by atoms with Gasteiger partial charge >= 0.3 is 5.88 Å². The third-order valence-electron chi connectivity index (χ3n) is 2.20. The predicted octanol–water partition coefficient (Wildman–Crippen LogP) is 1.08. The first kappa shape index (κ1) is 9.70. The highest BCUT2D eigenvalue weighted by molar-refractivity contribution is 5.38. The molecule has 80 valence electrons. The molecule has 0 atom stereocenters. The van der Waals surface area contributed by atoms with Gasteiger partial charge in [0.05, 0.1) is 10.5 Å². The number of hydrogen-bond acceptors (Lipinski definition) is 4. The summed E-state index contributed by atoms with van der Waals surface area (Å²) in [5.41, 5.74) is 0.246. The van der Waals surface area contributed by atoms with Crippen LogP contribution in [0.3, 0.4) is 0 Å². The average molecular weight is 210 g/mol. The smallest absolute Gasteiger partial charge is 0.386 e. The number of rotatable bonds is 3. The molecule has 0 radical (unpaired) electrons. The van der Waals surface area contributed by atoms with Crippen LogP contribution in [0.1, 0.15) is 18.4 Å². The second-order valence-corrected chi connectivity index (χ2v) is 3.58. The Morgan fingerprint density at radius 3 is 2.80 bits per heavy atom. The number of nitro groups is 1. The Bertz CT molecular complexity index is 415. The van der Waals surface area contributed by atoms with Gasteiger partial charge in [-0.3, -0.25) is 10.1 Å². The molecule has 1 saturated carbocycles. The third kappa shape index (κ3) is 1.98. The molecule has 0 saturated heterocycles. The van der Waals surface area contributed by atoms with E-state index < -0.39 is 4.92 Å². The summed E-state index contributed by atoms with van der Waals surface area (Å²) in [6.07, 6.45) is 3.02. The van der Waals surface area contributed by atoms with Gasteiger partial charge in [-0.1, -0.05) is 0 Å². The first-order valence-corrected chi connectivity index (χ1v) is 4.63. The van der Waals surface area contributed by atoms with Crippen molar-refractivity contribution in [3.05, 3.63) is 33.1 Å². The van der Waals surface area contributed by atoms with Crippen molar-refractivity contribution in [2.45, 2.75) is 25.9 Å². The molecule has 1 fully saturated rings. The minimum atomic E-state index is -0.519. The van der Waals surface area contributed by atoms with Gasteiger partial charge in [0, 0.05) is 0 Å². The highest BCUT2D eigenvalue weighted by Crippen LogP contribution is 2.27. The maximum atomic E-state index is 11.3. The lowest BCUT2D eigenvalue weighted by Crippen LogP contribution is -2.29. The Kier molecular flexibility index (Phi) is 2.18. The van der Waals surface area contributed by atoms with Gasteiger partial charge in [-0.2, -0.15) is 0 Å². The Balaban J connectivity index is 2.35. The van der Waals surface area contributed by atoms with Crippen LogP contribution in [0, 0.1) is 22.2 Å². The number of nitrogens with zero attached hydrogens (tertiary/aromatic N) is 2. The van der Waals surface area contributed by atoms with Gasteiger partial charge in [-0.15, -0.1) is 4.73 Å². The Morgan fingerprint density at radius 1 is 1.60 bits per heavy atom. The number of aromatic nitrogens is 1. The predicted molar refractivity (Wildman–Crippen MR) is 50.4 cm³/mol. The zero-order valence-electron chi connectivity index (χ0n) is 8.17. The van der Waals surface area contributed by atoms with Crippen molar-refractivity contribution >= 4 is 5.69 Å². The number of hydrogen-bond donors (Lipinski definition) is 0. The van der Waals surface area contributed by atoms with E-state index in [0.717, 1.165) is 19.0 Å². The Labute approximate surface area is 85.8 Å². The second kappa shape index (κ2) is 3.38. The summed E-state index contributed by atoms with van der Waals surface area (Å²) in [6.45, 7) is 1.52. The van der Waals surface area contributed by atoms with Gasteiger partial charge in [-0.05, 0) is 19.8 Å². The maximum absolute atomic E-state index is 11.3. The molecule has 1 aromatic heterocycles. The van der Waals surface area contributed by atoms with Crippen LogP contribution in [0.15, 0.2) is 12.3 Å². The van der Waals surface area contributed by atoms with Crippen LogP contribution in [0.5, 0.6) is 5.88 Å². The molecular formula is C9H10N2O4. The van der Waals surface area contributed by atoms with Gasteiger partial charge in [0.15, 0.2) is 6.20 Å². The highest BCUT2D eigenvalue weighted by Gasteiger charge is 2.28. The summed E-state index contributed by atoms with van der Waals surface area (Å²) in [7, 11) is 0. The molecule has 0 bridgehead atoms. The van der Waals surface area contributed by atoms with Crippen molar-refractivity contribution < 1.29 is 14.4 Å². The third-order valence-corrected chi connectivity index (χ3v) is 2.20. The molecule has 1 heterocycles. The average Bonchev–Trinajstić information content (AvgIpc) is 2.92. The van der Waals surface area contributed by atoms with Crippen molar-refractivity contribution in [2.75, 3.05) is 0 Å². The summed E-state index contributed by atoms with van der Waals surface area (Å²) in [6, 6.07) is 1.18. The monoisotopic (exact) mass is 210 g/mol. The van der Waals surface area contributed by atoms with Crippen molar-refractivity contribution in [2.24, 2.45) is 0 Å². The second-order valence-electron chi connectivity index (χ2n) is 3.58. The summed E-state index contributed by atoms with van der Waals surface area (Å²) < 4.78 is 5.78. The van der Waals surface area contributed by atoms with Crippen LogP contribution >= 0.6 is 0 Å². The first-order valence-electron chi connectivity index (χ1n) is 4.63. The molecule has 0 amide bonds. The lowest BCUT2D eigenvalue weighted by Gasteiger charge is -2.05. The Morgan fingerprint density at radius 2 is 2.27 bits per heavy atom.